The van der Waals surface area contributed by atoms with Crippen molar-refractivity contribution in [3.8, 4) is 0 Å². The van der Waals surface area contributed by atoms with Gasteiger partial charge in [0.05, 0.1) is 5.56 Å². The number of benzene rings is 1. The van der Waals surface area contributed by atoms with Crippen molar-refractivity contribution >= 4 is 5.97 Å². The van der Waals surface area contributed by atoms with Crippen LogP contribution in [0.2, 0.25) is 0 Å². The van der Waals surface area contributed by atoms with Gasteiger partial charge in [0.15, 0.2) is 0 Å². The Kier molecular flexibility index (Phi) is 7.78. The Labute approximate surface area is 183 Å². The Hall–Kier alpha value is -1.77. The van der Waals surface area contributed by atoms with E-state index in [-0.39, 0.29) is 24.8 Å². The molecule has 0 amide bonds. The molecule has 1 saturated heterocycles. The van der Waals surface area contributed by atoms with E-state index in [1.807, 2.05) is 4.90 Å². The summed E-state index contributed by atoms with van der Waals surface area (Å²) >= 11 is 0. The molecule has 3 rings (SSSR count). The van der Waals surface area contributed by atoms with E-state index in [9.17, 15) is 36.2 Å². The molecule has 3 nitrogen and oxygen atoms in total. The van der Waals surface area contributed by atoms with Crippen LogP contribution in [0.5, 0.6) is 0 Å². The van der Waals surface area contributed by atoms with E-state index in [1.54, 1.807) is 0 Å². The Morgan fingerprint density at radius 2 is 1.66 bits per heavy atom. The van der Waals surface area contributed by atoms with E-state index in [4.69, 9.17) is 0 Å². The first-order chi connectivity index (χ1) is 14.9. The third kappa shape index (κ3) is 7.39. The van der Waals surface area contributed by atoms with E-state index in [0.29, 0.717) is 37.3 Å². The van der Waals surface area contributed by atoms with Crippen LogP contribution in [0.25, 0.3) is 0 Å². The highest BCUT2D eigenvalue weighted by molar-refractivity contribution is 5.67. The summed E-state index contributed by atoms with van der Waals surface area (Å²) in [6, 6.07) is 4.01. The smallest absolute Gasteiger partial charge is 0.416 e. The number of likely N-dealkylation sites (tertiary alicyclic amines) is 1. The Bertz CT molecular complexity index is 757. The van der Waals surface area contributed by atoms with Crippen molar-refractivity contribution in [2.45, 2.75) is 82.2 Å². The maximum absolute atomic E-state index is 13.0. The lowest BCUT2D eigenvalue weighted by Crippen LogP contribution is -2.44. The molecule has 2 fully saturated rings. The van der Waals surface area contributed by atoms with Crippen LogP contribution >= 0.6 is 0 Å². The fourth-order valence-electron chi connectivity index (χ4n) is 4.79. The number of piperidine rings is 1. The zero-order valence-electron chi connectivity index (χ0n) is 17.8. The predicted molar refractivity (Wildman–Crippen MR) is 107 cm³/mol. The fraction of sp³-hybridized carbons (Fsp3) is 0.696. The van der Waals surface area contributed by atoms with Crippen LogP contribution in [0.4, 0.5) is 26.3 Å². The monoisotopic (exact) mass is 465 g/mol. The van der Waals surface area contributed by atoms with Gasteiger partial charge in [0.25, 0.3) is 0 Å². The fourth-order valence-corrected chi connectivity index (χ4v) is 4.79. The lowest BCUT2D eigenvalue weighted by molar-refractivity contribution is -0.141. The van der Waals surface area contributed by atoms with Gasteiger partial charge in [0.2, 0.25) is 0 Å². The maximum Gasteiger partial charge on any atom is 0.416 e. The van der Waals surface area contributed by atoms with E-state index >= 15 is 0 Å². The summed E-state index contributed by atoms with van der Waals surface area (Å²) in [5.74, 6) is -0.558. The third-order valence-corrected chi connectivity index (χ3v) is 6.67. The molecule has 32 heavy (non-hydrogen) atoms. The van der Waals surface area contributed by atoms with E-state index in [0.717, 1.165) is 31.4 Å². The largest absolute Gasteiger partial charge is 0.481 e. The second kappa shape index (κ2) is 10.0. The Balaban J connectivity index is 1.83. The summed E-state index contributed by atoms with van der Waals surface area (Å²) in [7, 11) is 0. The minimum atomic E-state index is -4.48. The summed E-state index contributed by atoms with van der Waals surface area (Å²) in [5, 5.41) is 9.19. The molecule has 0 spiro atoms. The van der Waals surface area contributed by atoms with Gasteiger partial charge in [-0.25, -0.2) is 0 Å². The predicted octanol–water partition coefficient (Wildman–Crippen LogP) is 6.83. The van der Waals surface area contributed by atoms with Gasteiger partial charge in [0, 0.05) is 24.9 Å². The van der Waals surface area contributed by atoms with Crippen LogP contribution in [0.15, 0.2) is 24.3 Å². The van der Waals surface area contributed by atoms with Gasteiger partial charge in [-0.15, -0.1) is 0 Å². The van der Waals surface area contributed by atoms with Crippen molar-refractivity contribution in [1.29, 1.82) is 0 Å². The number of nitrogens with zero attached hydrogens (tertiary/aromatic N) is 1. The molecule has 1 N–H and O–H groups in total. The van der Waals surface area contributed by atoms with Crippen molar-refractivity contribution in [1.82, 2.24) is 4.90 Å². The molecule has 1 aliphatic heterocycles. The number of rotatable bonds is 9. The Morgan fingerprint density at radius 1 is 1.00 bits per heavy atom. The third-order valence-electron chi connectivity index (χ3n) is 6.67. The number of alkyl halides is 6. The zero-order valence-corrected chi connectivity index (χ0v) is 17.8. The molecule has 0 aromatic heterocycles. The summed E-state index contributed by atoms with van der Waals surface area (Å²) < 4.78 is 77.9. The molecule has 1 aromatic rings. The van der Waals surface area contributed by atoms with Gasteiger partial charge in [0.1, 0.15) is 0 Å². The number of hydrogen-bond acceptors (Lipinski definition) is 2. The van der Waals surface area contributed by atoms with Crippen LogP contribution in [0.1, 0.15) is 75.0 Å². The number of aliphatic carboxylic acids is 1. The lowest BCUT2D eigenvalue weighted by Gasteiger charge is -2.44. The summed E-state index contributed by atoms with van der Waals surface area (Å²) in [4.78, 5) is 13.2. The molecule has 1 saturated carbocycles. The van der Waals surface area contributed by atoms with Crippen molar-refractivity contribution < 1.29 is 36.2 Å². The van der Waals surface area contributed by atoms with E-state index in [2.05, 4.69) is 0 Å². The number of carboxylic acid groups (broad SMARTS) is 1. The van der Waals surface area contributed by atoms with Gasteiger partial charge >= 0.3 is 18.3 Å². The SMILES string of the molecule is O=C(O)CC1CCN([C@H](CCC2CC2)CCC(F)(F)F)C(c2ccc(C(F)(F)F)cc2)C1. The van der Waals surface area contributed by atoms with Crippen LogP contribution in [0.3, 0.4) is 0 Å². The molecule has 180 valence electrons. The molecule has 1 aromatic carbocycles. The second-order valence-corrected chi connectivity index (χ2v) is 9.19. The van der Waals surface area contributed by atoms with Gasteiger partial charge in [-0.2, -0.15) is 26.3 Å². The highest BCUT2D eigenvalue weighted by Crippen LogP contribution is 2.42. The van der Waals surface area contributed by atoms with Crippen molar-refractivity contribution in [3.05, 3.63) is 35.4 Å². The summed E-state index contributed by atoms with van der Waals surface area (Å²) in [6.45, 7) is 0.441. The molecular weight excluding hydrogens is 436 g/mol. The van der Waals surface area contributed by atoms with Crippen LogP contribution in [0, 0.1) is 11.8 Å². The first-order valence-corrected chi connectivity index (χ1v) is 11.1. The molecule has 0 radical (unpaired) electrons. The van der Waals surface area contributed by atoms with E-state index < -0.39 is 36.3 Å². The molecule has 9 heteroatoms. The lowest BCUT2D eigenvalue weighted by atomic mass is 9.83. The summed E-state index contributed by atoms with van der Waals surface area (Å²) in [5.41, 5.74) is -0.190. The van der Waals surface area contributed by atoms with Gasteiger partial charge in [-0.3, -0.25) is 9.69 Å². The minimum absolute atomic E-state index is 0.0553. The van der Waals surface area contributed by atoms with Crippen molar-refractivity contribution in [2.24, 2.45) is 11.8 Å². The van der Waals surface area contributed by atoms with Gasteiger partial charge in [-0.05, 0) is 68.2 Å². The topological polar surface area (TPSA) is 40.5 Å². The highest BCUT2D eigenvalue weighted by Gasteiger charge is 2.38. The minimum Gasteiger partial charge on any atom is -0.481 e. The zero-order chi connectivity index (χ0) is 23.5. The second-order valence-electron chi connectivity index (χ2n) is 9.19. The molecular formula is C23H29F6NO2. The number of halogens is 6. The molecule has 3 atom stereocenters. The normalized spacial score (nSPS) is 23.8. The molecule has 1 aliphatic carbocycles. The highest BCUT2D eigenvalue weighted by atomic mass is 19.4. The van der Waals surface area contributed by atoms with Crippen molar-refractivity contribution in [3.63, 3.8) is 0 Å². The number of carbonyl (C=O) groups is 1. The average molecular weight is 465 g/mol. The first-order valence-electron chi connectivity index (χ1n) is 11.1. The number of hydrogen-bond donors (Lipinski definition) is 1. The van der Waals surface area contributed by atoms with Crippen LogP contribution < -0.4 is 0 Å². The first kappa shape index (κ1) is 24.9. The van der Waals surface area contributed by atoms with Gasteiger partial charge in [-0.1, -0.05) is 25.0 Å². The quantitative estimate of drug-likeness (QED) is 0.406. The van der Waals surface area contributed by atoms with Crippen LogP contribution in [-0.2, 0) is 11.0 Å². The van der Waals surface area contributed by atoms with E-state index in [1.165, 1.54) is 12.1 Å². The standard InChI is InChI=1S/C23H29F6NO2/c24-22(25,26)11-9-19(8-3-15-1-2-15)30-12-10-16(14-21(31)32)13-20(30)17-4-6-18(7-5-17)23(27,28)29/h4-7,15-16,19-20H,1-3,8-14H2,(H,31,32)/t16?,19-,20?/m1/s1. The van der Waals surface area contributed by atoms with Crippen molar-refractivity contribution in [2.75, 3.05) is 6.54 Å². The summed E-state index contributed by atoms with van der Waals surface area (Å²) in [6.07, 6.45) is -5.17. The molecule has 0 bridgehead atoms. The van der Waals surface area contributed by atoms with Crippen LogP contribution in [-0.4, -0.2) is 34.7 Å². The average Bonchev–Trinajstić information content (AvgIpc) is 3.51. The Morgan fingerprint density at radius 3 is 2.19 bits per heavy atom. The maximum atomic E-state index is 13.0. The number of carboxylic acids is 1. The molecule has 2 aliphatic rings. The molecule has 2 unspecified atom stereocenters. The molecule has 1 heterocycles. The van der Waals surface area contributed by atoms with Gasteiger partial charge < -0.3 is 5.11 Å².